The lowest BCUT2D eigenvalue weighted by Gasteiger charge is -2.29. The summed E-state index contributed by atoms with van der Waals surface area (Å²) in [6.07, 6.45) is 0.600. The van der Waals surface area contributed by atoms with Crippen molar-refractivity contribution in [2.45, 2.75) is 44.6 Å². The van der Waals surface area contributed by atoms with Gasteiger partial charge in [-0.25, -0.2) is 23.6 Å². The maximum Gasteiger partial charge on any atom is 0.248 e. The number of halogens is 2. The van der Waals surface area contributed by atoms with Gasteiger partial charge in [-0.2, -0.15) is 0 Å². The Bertz CT molecular complexity index is 741. The lowest BCUT2D eigenvalue weighted by Crippen LogP contribution is -2.32. The van der Waals surface area contributed by atoms with Crippen molar-refractivity contribution in [3.05, 3.63) is 34.6 Å². The molecule has 1 fully saturated rings. The quantitative estimate of drug-likeness (QED) is 0.798. The number of alkyl halides is 2. The van der Waals surface area contributed by atoms with Crippen molar-refractivity contribution in [1.29, 1.82) is 0 Å². The van der Waals surface area contributed by atoms with Crippen molar-refractivity contribution >= 4 is 22.8 Å². The van der Waals surface area contributed by atoms with Crippen LogP contribution in [0.15, 0.2) is 17.5 Å². The van der Waals surface area contributed by atoms with E-state index in [2.05, 4.69) is 20.1 Å². The molecular weight excluding hydrogens is 318 g/mol. The molecule has 4 nitrogen and oxygen atoms in total. The highest BCUT2D eigenvalue weighted by Crippen LogP contribution is 2.35. The minimum absolute atomic E-state index is 0.0333. The molecule has 0 bridgehead atoms. The lowest BCUT2D eigenvalue weighted by molar-refractivity contribution is -0.0361. The highest BCUT2D eigenvalue weighted by atomic mass is 32.1. The summed E-state index contributed by atoms with van der Waals surface area (Å²) in [6.45, 7) is 9.13. The number of nitrogens with zero attached hydrogens (tertiary/aromatic N) is 3. The molecule has 1 aliphatic rings. The monoisotopic (exact) mass is 334 g/mol. The first-order valence-electron chi connectivity index (χ1n) is 7.42. The van der Waals surface area contributed by atoms with E-state index in [-0.39, 0.29) is 18.9 Å². The molecule has 1 saturated carbocycles. The van der Waals surface area contributed by atoms with Crippen LogP contribution in [0.5, 0.6) is 0 Å². The highest BCUT2D eigenvalue weighted by molar-refractivity contribution is 7.13. The number of rotatable bonds is 3. The maximum atomic E-state index is 13.2. The summed E-state index contributed by atoms with van der Waals surface area (Å²) in [6, 6.07) is 3.32. The number of hydrogen-bond acceptors (Lipinski definition) is 4. The predicted molar refractivity (Wildman–Crippen MR) is 87.2 cm³/mol. The van der Waals surface area contributed by atoms with Gasteiger partial charge in [0, 0.05) is 30.0 Å². The first-order chi connectivity index (χ1) is 10.9. The molecule has 2 aromatic rings. The van der Waals surface area contributed by atoms with Crippen molar-refractivity contribution in [2.24, 2.45) is 0 Å². The van der Waals surface area contributed by atoms with Crippen LogP contribution < -0.4 is 5.32 Å². The van der Waals surface area contributed by atoms with E-state index in [1.807, 2.05) is 12.3 Å². The van der Waals surface area contributed by atoms with E-state index in [0.717, 1.165) is 10.7 Å². The Morgan fingerprint density at radius 2 is 2.04 bits per heavy atom. The predicted octanol–water partition coefficient (Wildman–Crippen LogP) is 5.05. The molecule has 0 aromatic carbocycles. The van der Waals surface area contributed by atoms with Crippen LogP contribution in [0.4, 0.5) is 20.3 Å². The van der Waals surface area contributed by atoms with Crippen LogP contribution in [0, 0.1) is 13.5 Å². The van der Waals surface area contributed by atoms with Gasteiger partial charge in [0.15, 0.2) is 5.69 Å². The fourth-order valence-electron chi connectivity index (χ4n) is 2.63. The Morgan fingerprint density at radius 3 is 2.65 bits per heavy atom. The average molecular weight is 334 g/mol. The zero-order chi connectivity index (χ0) is 16.4. The van der Waals surface area contributed by atoms with Gasteiger partial charge in [-0.3, -0.25) is 0 Å². The van der Waals surface area contributed by atoms with Crippen LogP contribution in [0.1, 0.15) is 31.4 Å². The van der Waals surface area contributed by atoms with E-state index in [9.17, 15) is 8.78 Å². The van der Waals surface area contributed by atoms with Gasteiger partial charge in [-0.15, -0.1) is 11.3 Å². The van der Waals surface area contributed by atoms with Gasteiger partial charge >= 0.3 is 0 Å². The molecule has 0 saturated heterocycles. The number of anilines is 1. The summed E-state index contributed by atoms with van der Waals surface area (Å²) >= 11 is 1.47. The summed E-state index contributed by atoms with van der Waals surface area (Å²) in [4.78, 5) is 12.4. The molecule has 23 heavy (non-hydrogen) atoms. The van der Waals surface area contributed by atoms with E-state index in [4.69, 9.17) is 6.57 Å². The fraction of sp³-hybridized carbons (Fsp3) is 0.438. The average Bonchev–Trinajstić information content (AvgIpc) is 2.96. The summed E-state index contributed by atoms with van der Waals surface area (Å²) in [5.74, 6) is -2.00. The SMILES string of the molecule is [C-]#[N+]c1cc(NC2CCC(F)(F)CC2)nc(-c2nc(C)cs2)c1. The number of pyridine rings is 1. The second kappa shape index (κ2) is 6.20. The summed E-state index contributed by atoms with van der Waals surface area (Å²) < 4.78 is 26.5. The van der Waals surface area contributed by atoms with Gasteiger partial charge in [0.05, 0.1) is 12.3 Å². The van der Waals surface area contributed by atoms with Gasteiger partial charge in [0.2, 0.25) is 5.92 Å². The van der Waals surface area contributed by atoms with E-state index in [1.165, 1.54) is 11.3 Å². The van der Waals surface area contributed by atoms with Gasteiger partial charge in [-0.1, -0.05) is 0 Å². The minimum atomic E-state index is -2.55. The first-order valence-corrected chi connectivity index (χ1v) is 8.29. The smallest absolute Gasteiger partial charge is 0.248 e. The normalized spacial score (nSPS) is 17.7. The van der Waals surface area contributed by atoms with Crippen molar-refractivity contribution in [2.75, 3.05) is 5.32 Å². The number of aryl methyl sites for hydroxylation is 1. The molecule has 2 heterocycles. The molecule has 120 valence electrons. The maximum absolute atomic E-state index is 13.2. The third kappa shape index (κ3) is 3.82. The third-order valence-corrected chi connectivity index (χ3v) is 4.83. The lowest BCUT2D eigenvalue weighted by atomic mass is 9.92. The van der Waals surface area contributed by atoms with Crippen LogP contribution in [-0.2, 0) is 0 Å². The zero-order valence-corrected chi connectivity index (χ0v) is 13.5. The molecule has 7 heteroatoms. The van der Waals surface area contributed by atoms with Gasteiger partial charge in [0.25, 0.3) is 0 Å². The molecule has 1 N–H and O–H groups in total. The van der Waals surface area contributed by atoms with E-state index in [0.29, 0.717) is 30.0 Å². The van der Waals surface area contributed by atoms with Gasteiger partial charge < -0.3 is 5.32 Å². The van der Waals surface area contributed by atoms with Crippen LogP contribution in [0.25, 0.3) is 15.5 Å². The Kier molecular flexibility index (Phi) is 4.26. The second-order valence-electron chi connectivity index (χ2n) is 5.78. The topological polar surface area (TPSA) is 42.2 Å². The van der Waals surface area contributed by atoms with Crippen molar-refractivity contribution < 1.29 is 8.78 Å². The Labute approximate surface area is 137 Å². The first kappa shape index (κ1) is 15.8. The van der Waals surface area contributed by atoms with Gasteiger partial charge in [0.1, 0.15) is 10.8 Å². The number of thiazole rings is 1. The molecule has 0 aliphatic heterocycles. The standard InChI is InChI=1S/C16H16F2N4S/c1-10-9-23-15(20-10)13-7-12(19-2)8-14(22-13)21-11-3-5-16(17,18)6-4-11/h7-9,11H,3-6H2,1H3,(H,21,22). The van der Waals surface area contributed by atoms with Crippen LogP contribution >= 0.6 is 11.3 Å². The minimum Gasteiger partial charge on any atom is -0.368 e. The summed E-state index contributed by atoms with van der Waals surface area (Å²) in [5.41, 5.74) is 2.01. The largest absolute Gasteiger partial charge is 0.368 e. The van der Waals surface area contributed by atoms with Gasteiger partial charge in [-0.05, 0) is 31.9 Å². The number of hydrogen-bond donors (Lipinski definition) is 1. The van der Waals surface area contributed by atoms with E-state index >= 15 is 0 Å². The molecule has 0 amide bonds. The van der Waals surface area contributed by atoms with E-state index in [1.54, 1.807) is 12.1 Å². The molecule has 3 rings (SSSR count). The molecule has 0 atom stereocenters. The Morgan fingerprint density at radius 1 is 1.30 bits per heavy atom. The number of nitrogens with one attached hydrogen (secondary N) is 1. The molecule has 2 aromatic heterocycles. The second-order valence-corrected chi connectivity index (χ2v) is 6.63. The highest BCUT2D eigenvalue weighted by Gasteiger charge is 2.34. The van der Waals surface area contributed by atoms with Crippen LogP contribution in [-0.4, -0.2) is 21.9 Å². The van der Waals surface area contributed by atoms with Crippen molar-refractivity contribution in [3.63, 3.8) is 0 Å². The Balaban J connectivity index is 1.81. The van der Waals surface area contributed by atoms with E-state index < -0.39 is 5.92 Å². The molecule has 0 unspecified atom stereocenters. The summed E-state index contributed by atoms with van der Waals surface area (Å²) in [7, 11) is 0. The Hall–Kier alpha value is -2.07. The molecule has 0 radical (unpaired) electrons. The molecule has 0 spiro atoms. The number of aromatic nitrogens is 2. The third-order valence-electron chi connectivity index (χ3n) is 3.85. The van der Waals surface area contributed by atoms with Crippen molar-refractivity contribution in [3.8, 4) is 10.7 Å². The zero-order valence-electron chi connectivity index (χ0n) is 12.6. The van der Waals surface area contributed by atoms with Crippen LogP contribution in [0.2, 0.25) is 0 Å². The molecule has 1 aliphatic carbocycles. The van der Waals surface area contributed by atoms with Crippen LogP contribution in [0.3, 0.4) is 0 Å². The van der Waals surface area contributed by atoms with Crippen molar-refractivity contribution in [1.82, 2.24) is 9.97 Å². The fourth-order valence-corrected chi connectivity index (χ4v) is 3.39. The molecular formula is C16H16F2N4S. The summed E-state index contributed by atoms with van der Waals surface area (Å²) in [5, 5.41) is 5.88.